The highest BCUT2D eigenvalue weighted by molar-refractivity contribution is 6.03. The zero-order valence-electron chi connectivity index (χ0n) is 19.8. The number of amides is 2. The van der Waals surface area contributed by atoms with Gasteiger partial charge in [0.15, 0.2) is 11.6 Å². The Labute approximate surface area is 201 Å². The van der Waals surface area contributed by atoms with Crippen molar-refractivity contribution < 1.29 is 28.2 Å². The van der Waals surface area contributed by atoms with Crippen LogP contribution in [0.4, 0.5) is 25.0 Å². The number of carbonyl (C=O) groups excluding carboxylic acids is 2. The molecule has 8 nitrogen and oxygen atoms in total. The van der Waals surface area contributed by atoms with Crippen molar-refractivity contribution in [3.8, 4) is 16.9 Å². The summed E-state index contributed by atoms with van der Waals surface area (Å²) in [6.45, 7) is 6.98. The van der Waals surface area contributed by atoms with Gasteiger partial charge in [0.25, 0.3) is 0 Å². The lowest BCUT2D eigenvalue weighted by atomic mass is 10.0. The highest BCUT2D eigenvalue weighted by Gasteiger charge is 2.35. The Morgan fingerprint density at radius 2 is 1.89 bits per heavy atom. The first-order valence-electron chi connectivity index (χ1n) is 11.1. The number of aromatic nitrogens is 2. The molecule has 1 N–H and O–H groups in total. The minimum absolute atomic E-state index is 0.107. The predicted molar refractivity (Wildman–Crippen MR) is 126 cm³/mol. The average Bonchev–Trinajstić information content (AvgIpc) is 3.21. The van der Waals surface area contributed by atoms with Gasteiger partial charge in [0, 0.05) is 31.3 Å². The molecule has 35 heavy (non-hydrogen) atoms. The van der Waals surface area contributed by atoms with Crippen molar-refractivity contribution in [1.29, 1.82) is 0 Å². The largest absolute Gasteiger partial charge is 0.419 e. The molecule has 0 saturated heterocycles. The molecule has 2 amide bonds. The number of rotatable bonds is 4. The normalized spacial score (nSPS) is 15.7. The molecule has 1 atom stereocenters. The minimum atomic E-state index is -0.998. The number of nitrogens with zero attached hydrogens (tertiary/aromatic N) is 4. The van der Waals surface area contributed by atoms with Gasteiger partial charge in [-0.25, -0.2) is 13.6 Å². The summed E-state index contributed by atoms with van der Waals surface area (Å²) in [6.07, 6.45) is 2.55. The quantitative estimate of drug-likeness (QED) is 0.595. The van der Waals surface area contributed by atoms with Crippen LogP contribution in [0.25, 0.3) is 11.1 Å². The molecule has 1 aromatic heterocycles. The van der Waals surface area contributed by atoms with E-state index in [4.69, 9.17) is 4.74 Å². The molecule has 0 saturated carbocycles. The summed E-state index contributed by atoms with van der Waals surface area (Å²) in [5.74, 6) is -2.38. The molecular weight excluding hydrogens is 458 g/mol. The first kappa shape index (κ1) is 24.3. The molecular formula is C25H26F2N4O4. The SMILES string of the molecule is CC(=O)N1c2ccc(-c3cnn(CC(C)(C)O)c3)cc2N(C(=O)Oc2ccc(F)cc2F)CC1C. The van der Waals surface area contributed by atoms with Crippen LogP contribution in [0.1, 0.15) is 27.7 Å². The Balaban J connectivity index is 1.72. The van der Waals surface area contributed by atoms with Gasteiger partial charge in [-0.05, 0) is 50.6 Å². The Morgan fingerprint density at radius 1 is 1.14 bits per heavy atom. The second kappa shape index (κ2) is 9.10. The first-order chi connectivity index (χ1) is 16.4. The van der Waals surface area contributed by atoms with Crippen LogP contribution in [0.5, 0.6) is 5.75 Å². The van der Waals surface area contributed by atoms with E-state index in [1.165, 1.54) is 11.8 Å². The Bertz CT molecular complexity index is 1280. The van der Waals surface area contributed by atoms with E-state index in [1.54, 1.807) is 60.9 Å². The number of hydrogen-bond acceptors (Lipinski definition) is 5. The van der Waals surface area contributed by atoms with Crippen molar-refractivity contribution in [2.24, 2.45) is 0 Å². The standard InChI is InChI=1S/C25H26F2N4O4/c1-15-12-30(24(33)35-23-8-6-19(26)10-20(23)27)22-9-17(5-7-21(22)31(15)16(2)32)18-11-28-29(13-18)14-25(3,4)34/h5-11,13,15,34H,12,14H2,1-4H3. The summed E-state index contributed by atoms with van der Waals surface area (Å²) >= 11 is 0. The smallest absolute Gasteiger partial charge is 0.407 e. The molecule has 2 aromatic carbocycles. The zero-order chi connectivity index (χ0) is 25.5. The fourth-order valence-electron chi connectivity index (χ4n) is 4.16. The monoisotopic (exact) mass is 484 g/mol. The van der Waals surface area contributed by atoms with Gasteiger partial charge in [-0.2, -0.15) is 5.10 Å². The highest BCUT2D eigenvalue weighted by atomic mass is 19.1. The number of aliphatic hydroxyl groups is 1. The van der Waals surface area contributed by atoms with Gasteiger partial charge >= 0.3 is 6.09 Å². The highest BCUT2D eigenvalue weighted by Crippen LogP contribution is 2.39. The van der Waals surface area contributed by atoms with E-state index in [2.05, 4.69) is 5.10 Å². The lowest BCUT2D eigenvalue weighted by molar-refractivity contribution is -0.117. The van der Waals surface area contributed by atoms with Gasteiger partial charge in [-0.15, -0.1) is 0 Å². The molecule has 1 aliphatic rings. The van der Waals surface area contributed by atoms with E-state index in [9.17, 15) is 23.5 Å². The third-order valence-electron chi connectivity index (χ3n) is 5.58. The van der Waals surface area contributed by atoms with E-state index in [0.717, 1.165) is 23.3 Å². The number of halogens is 2. The summed E-state index contributed by atoms with van der Waals surface area (Å²) in [5.41, 5.74) is 1.41. The van der Waals surface area contributed by atoms with Crippen LogP contribution in [-0.2, 0) is 11.3 Å². The maximum Gasteiger partial charge on any atom is 0.419 e. The maximum atomic E-state index is 14.1. The lowest BCUT2D eigenvalue weighted by Gasteiger charge is -2.40. The van der Waals surface area contributed by atoms with Crippen molar-refractivity contribution in [2.45, 2.75) is 45.9 Å². The van der Waals surface area contributed by atoms with Crippen LogP contribution in [0, 0.1) is 11.6 Å². The topological polar surface area (TPSA) is 87.9 Å². The van der Waals surface area contributed by atoms with Crippen LogP contribution in [-0.4, -0.2) is 45.1 Å². The third kappa shape index (κ3) is 5.17. The molecule has 184 valence electrons. The van der Waals surface area contributed by atoms with Crippen LogP contribution in [0.2, 0.25) is 0 Å². The summed E-state index contributed by atoms with van der Waals surface area (Å²) in [7, 11) is 0. The second-order valence-corrected chi connectivity index (χ2v) is 9.23. The van der Waals surface area contributed by atoms with Crippen LogP contribution < -0.4 is 14.5 Å². The van der Waals surface area contributed by atoms with Crippen LogP contribution in [0.15, 0.2) is 48.8 Å². The predicted octanol–water partition coefficient (Wildman–Crippen LogP) is 4.36. The number of fused-ring (bicyclic) bond motifs is 1. The second-order valence-electron chi connectivity index (χ2n) is 9.23. The van der Waals surface area contributed by atoms with Gasteiger partial charge in [0.1, 0.15) is 5.82 Å². The molecule has 0 bridgehead atoms. The molecule has 2 heterocycles. The molecule has 1 unspecified atom stereocenters. The fraction of sp³-hybridized carbons (Fsp3) is 0.320. The van der Waals surface area contributed by atoms with Gasteiger partial charge in [-0.1, -0.05) is 6.07 Å². The first-order valence-corrected chi connectivity index (χ1v) is 11.1. The summed E-state index contributed by atoms with van der Waals surface area (Å²) in [4.78, 5) is 28.4. The van der Waals surface area contributed by atoms with Crippen LogP contribution >= 0.6 is 0 Å². The van der Waals surface area contributed by atoms with Gasteiger partial charge in [0.2, 0.25) is 5.91 Å². The molecule has 4 rings (SSSR count). The Kier molecular flexibility index (Phi) is 6.33. The number of hydrogen-bond donors (Lipinski definition) is 1. The fourth-order valence-corrected chi connectivity index (χ4v) is 4.16. The van der Waals surface area contributed by atoms with Crippen molar-refractivity contribution in [3.05, 3.63) is 60.4 Å². The van der Waals surface area contributed by atoms with E-state index < -0.39 is 29.1 Å². The number of ether oxygens (including phenoxy) is 1. The summed E-state index contributed by atoms with van der Waals surface area (Å²) in [5, 5.41) is 14.3. The molecule has 0 radical (unpaired) electrons. The van der Waals surface area contributed by atoms with Crippen molar-refractivity contribution in [2.75, 3.05) is 16.3 Å². The lowest BCUT2D eigenvalue weighted by Crippen LogP contribution is -2.52. The van der Waals surface area contributed by atoms with Gasteiger partial charge in [-0.3, -0.25) is 14.4 Å². The number of carbonyl (C=O) groups is 2. The minimum Gasteiger partial charge on any atom is -0.407 e. The molecule has 10 heteroatoms. The van der Waals surface area contributed by atoms with Crippen molar-refractivity contribution in [3.63, 3.8) is 0 Å². The van der Waals surface area contributed by atoms with Crippen molar-refractivity contribution in [1.82, 2.24) is 9.78 Å². The van der Waals surface area contributed by atoms with Crippen LogP contribution in [0.3, 0.4) is 0 Å². The van der Waals surface area contributed by atoms with Gasteiger partial charge < -0.3 is 14.7 Å². The van der Waals surface area contributed by atoms with Crippen molar-refractivity contribution >= 4 is 23.4 Å². The molecule has 1 aliphatic heterocycles. The average molecular weight is 485 g/mol. The van der Waals surface area contributed by atoms with E-state index in [-0.39, 0.29) is 25.0 Å². The summed E-state index contributed by atoms with van der Waals surface area (Å²) < 4.78 is 34.2. The Hall–Kier alpha value is -3.79. The maximum absolute atomic E-state index is 14.1. The van der Waals surface area contributed by atoms with E-state index in [0.29, 0.717) is 17.4 Å². The number of benzene rings is 2. The molecule has 0 fully saturated rings. The molecule has 0 aliphatic carbocycles. The zero-order valence-corrected chi connectivity index (χ0v) is 19.8. The molecule has 0 spiro atoms. The Morgan fingerprint density at radius 3 is 2.54 bits per heavy atom. The van der Waals surface area contributed by atoms with E-state index in [1.807, 2.05) is 0 Å². The summed E-state index contributed by atoms with van der Waals surface area (Å²) in [6, 6.07) is 7.58. The third-order valence-corrected chi connectivity index (χ3v) is 5.58. The number of anilines is 2. The van der Waals surface area contributed by atoms with E-state index >= 15 is 0 Å². The molecule has 3 aromatic rings. The van der Waals surface area contributed by atoms with Gasteiger partial charge in [0.05, 0.1) is 35.8 Å².